The van der Waals surface area contributed by atoms with Crippen molar-refractivity contribution in [1.82, 2.24) is 4.57 Å². The van der Waals surface area contributed by atoms with E-state index in [0.717, 1.165) is 0 Å². The summed E-state index contributed by atoms with van der Waals surface area (Å²) in [5.41, 5.74) is 14.9. The van der Waals surface area contributed by atoms with Gasteiger partial charge in [-0.1, -0.05) is 85.4 Å². The van der Waals surface area contributed by atoms with E-state index >= 15 is 0 Å². The minimum absolute atomic E-state index is 0.125. The maximum absolute atomic E-state index is 2.63. The van der Waals surface area contributed by atoms with Gasteiger partial charge in [0.2, 0.25) is 0 Å². The van der Waals surface area contributed by atoms with Crippen molar-refractivity contribution >= 4 is 102 Å². The van der Waals surface area contributed by atoms with Crippen molar-refractivity contribution in [2.45, 2.75) is 72.3 Å². The van der Waals surface area contributed by atoms with Gasteiger partial charge in [-0.05, 0) is 24.7 Å². The van der Waals surface area contributed by atoms with E-state index in [1.54, 1.807) is 0 Å². The first-order valence-corrected chi connectivity index (χ1v) is 11.6. The summed E-state index contributed by atoms with van der Waals surface area (Å²) in [5.74, 6) is 0. The van der Waals surface area contributed by atoms with Crippen molar-refractivity contribution in [3.05, 3.63) is 11.1 Å². The number of rotatable bonds is 1. The molecule has 0 aliphatic rings. The van der Waals surface area contributed by atoms with Crippen LogP contribution in [0, 0.1) is 0 Å². The van der Waals surface area contributed by atoms with Crippen molar-refractivity contribution in [3.8, 4) is 0 Å². The molecular weight excluding hydrogens is 355 g/mol. The molecule has 0 N–H and O–H groups in total. The van der Waals surface area contributed by atoms with E-state index in [1.165, 1.54) is 65.7 Å². The fraction of sp³-hybridized carbons (Fsp3) is 0.478. The van der Waals surface area contributed by atoms with Crippen molar-refractivity contribution in [2.24, 2.45) is 0 Å². The molecule has 1 aromatic heterocycles. The Morgan fingerprint density at radius 3 is 1.07 bits per heavy atom. The second-order valence-corrected chi connectivity index (χ2v) is 11.9. The van der Waals surface area contributed by atoms with Gasteiger partial charge in [0.1, 0.15) is 47.1 Å². The van der Waals surface area contributed by atoms with Crippen molar-refractivity contribution < 1.29 is 0 Å². The van der Waals surface area contributed by atoms with E-state index in [-0.39, 0.29) is 10.8 Å². The van der Waals surface area contributed by atoms with Crippen molar-refractivity contribution in [1.29, 1.82) is 0 Å². The van der Waals surface area contributed by atoms with E-state index in [1.807, 2.05) is 0 Å². The third kappa shape index (κ3) is 3.14. The number of hydrogen-bond acceptors (Lipinski definition) is 0. The first-order valence-electron chi connectivity index (χ1n) is 11.6. The molecule has 0 saturated carbocycles. The number of benzene rings is 2. The first-order chi connectivity index (χ1) is 13.5. The van der Waals surface area contributed by atoms with Gasteiger partial charge in [-0.2, -0.15) is 0 Å². The van der Waals surface area contributed by atoms with E-state index in [4.69, 9.17) is 0 Å². The van der Waals surface area contributed by atoms with Gasteiger partial charge in [0.05, 0.1) is 0 Å². The molecule has 2 aromatic carbocycles. The Morgan fingerprint density at radius 2 is 0.833 bits per heavy atom. The van der Waals surface area contributed by atoms with Gasteiger partial charge in [0.25, 0.3) is 0 Å². The zero-order chi connectivity index (χ0) is 23.1. The number of fused-ring (bicyclic) bond motifs is 3. The molecule has 30 heavy (non-hydrogen) atoms. The number of aromatic nitrogens is 1. The molecular formula is C23H37B6N. The Morgan fingerprint density at radius 1 is 0.533 bits per heavy atom. The quantitative estimate of drug-likeness (QED) is 0.379. The highest BCUT2D eigenvalue weighted by Gasteiger charge is 2.29. The van der Waals surface area contributed by atoms with Crippen LogP contribution >= 0.6 is 0 Å². The van der Waals surface area contributed by atoms with Crippen LogP contribution in [-0.2, 0) is 10.8 Å². The summed E-state index contributed by atoms with van der Waals surface area (Å²) in [6, 6.07) is 0.418. The SMILES string of the molecule is Bc1c(C(C)(C)C)c(B)c2c3c(B)c(C(C)(C)C)c(B)c(B)c3n(C(C)C)c2c1B. The second-order valence-electron chi connectivity index (χ2n) is 11.9. The zero-order valence-electron chi connectivity index (χ0n) is 22.0. The largest absolute Gasteiger partial charge is 0.339 e. The molecule has 3 rings (SSSR count). The maximum atomic E-state index is 2.63. The summed E-state index contributed by atoms with van der Waals surface area (Å²) >= 11 is 0. The Balaban J connectivity index is 2.83. The summed E-state index contributed by atoms with van der Waals surface area (Å²) in [6.45, 7) is 18.8. The van der Waals surface area contributed by atoms with Gasteiger partial charge in [-0.3, -0.25) is 0 Å². The smallest absolute Gasteiger partial charge is 0.141 e. The normalized spacial score (nSPS) is 13.1. The summed E-state index contributed by atoms with van der Waals surface area (Å²) < 4.78 is 2.63. The van der Waals surface area contributed by atoms with Gasteiger partial charge in [0, 0.05) is 27.8 Å². The fourth-order valence-corrected chi connectivity index (χ4v) is 6.37. The zero-order valence-corrected chi connectivity index (χ0v) is 22.0. The van der Waals surface area contributed by atoms with Crippen LogP contribution < -0.4 is 32.8 Å². The molecule has 152 valence electrons. The lowest BCUT2D eigenvalue weighted by Gasteiger charge is -2.29. The molecule has 0 aliphatic carbocycles. The molecule has 0 unspecified atom stereocenters. The minimum atomic E-state index is 0.125. The predicted molar refractivity (Wildman–Crippen MR) is 156 cm³/mol. The predicted octanol–water partition coefficient (Wildman–Crippen LogP) is -3.48. The summed E-state index contributed by atoms with van der Waals surface area (Å²) in [5, 5.41) is 2.97. The highest BCUT2D eigenvalue weighted by molar-refractivity contribution is 6.62. The Labute approximate surface area is 189 Å². The van der Waals surface area contributed by atoms with Gasteiger partial charge in [-0.25, -0.2) is 0 Å². The average Bonchev–Trinajstić information content (AvgIpc) is 2.92. The maximum Gasteiger partial charge on any atom is 0.141 e. The highest BCUT2D eigenvalue weighted by Crippen LogP contribution is 2.31. The number of nitrogens with zero attached hydrogens (tertiary/aromatic N) is 1. The second kappa shape index (κ2) is 7.07. The fourth-order valence-electron chi connectivity index (χ4n) is 6.37. The van der Waals surface area contributed by atoms with Crippen LogP contribution in [0.25, 0.3) is 21.8 Å². The average molecular weight is 392 g/mol. The molecule has 0 saturated heterocycles. The number of hydrogen-bond donors (Lipinski definition) is 0. The monoisotopic (exact) mass is 393 g/mol. The van der Waals surface area contributed by atoms with Crippen LogP contribution in [0.3, 0.4) is 0 Å². The standard InChI is InChI=1S/C23H37B6N/c1-9(2)30-20-10(14(24)12(22(3,4)5)16(26)18(20)28)11-15(25)13(23(6,7)8)17(27)19(29)21(11)30/h9H,24-29H2,1-8H3. The van der Waals surface area contributed by atoms with Crippen molar-refractivity contribution in [2.75, 3.05) is 0 Å². The van der Waals surface area contributed by atoms with E-state index in [2.05, 4.69) is 107 Å². The first kappa shape index (κ1) is 23.3. The summed E-state index contributed by atoms with van der Waals surface area (Å²) in [4.78, 5) is 0. The highest BCUT2D eigenvalue weighted by atomic mass is 15.0. The lowest BCUT2D eigenvalue weighted by Crippen LogP contribution is -2.42. The van der Waals surface area contributed by atoms with Gasteiger partial charge < -0.3 is 4.57 Å². The van der Waals surface area contributed by atoms with Crippen LogP contribution in [0.15, 0.2) is 0 Å². The van der Waals surface area contributed by atoms with Gasteiger partial charge in [0.15, 0.2) is 0 Å². The summed E-state index contributed by atoms with van der Waals surface area (Å²) in [7, 11) is 14.1. The molecule has 0 fully saturated rings. The van der Waals surface area contributed by atoms with Crippen LogP contribution in [0.1, 0.15) is 72.6 Å². The molecule has 3 aromatic rings. The lowest BCUT2D eigenvalue weighted by molar-refractivity contribution is 0.598. The molecule has 1 nitrogen and oxygen atoms in total. The lowest BCUT2D eigenvalue weighted by atomic mass is 9.62. The van der Waals surface area contributed by atoms with Crippen molar-refractivity contribution in [3.63, 3.8) is 0 Å². The van der Waals surface area contributed by atoms with E-state index in [9.17, 15) is 0 Å². The Hall–Kier alpha value is -1.37. The van der Waals surface area contributed by atoms with E-state index in [0.29, 0.717) is 6.04 Å². The Kier molecular flexibility index (Phi) is 5.49. The molecule has 0 atom stereocenters. The topological polar surface area (TPSA) is 4.93 Å². The van der Waals surface area contributed by atoms with Crippen LogP contribution in [0.2, 0.25) is 0 Å². The minimum Gasteiger partial charge on any atom is -0.339 e. The molecule has 0 amide bonds. The molecule has 0 radical (unpaired) electrons. The Bertz CT molecular complexity index is 1100. The third-order valence-corrected chi connectivity index (χ3v) is 7.31. The summed E-state index contributed by atoms with van der Waals surface area (Å²) in [6.07, 6.45) is 0. The molecule has 0 aliphatic heterocycles. The molecule has 0 spiro atoms. The van der Waals surface area contributed by atoms with Crippen LogP contribution in [0.4, 0.5) is 0 Å². The molecule has 0 bridgehead atoms. The molecule has 7 heteroatoms. The van der Waals surface area contributed by atoms with Crippen LogP contribution in [-0.4, -0.2) is 51.6 Å². The van der Waals surface area contributed by atoms with Gasteiger partial charge >= 0.3 is 0 Å². The van der Waals surface area contributed by atoms with E-state index < -0.39 is 0 Å². The van der Waals surface area contributed by atoms with Crippen LogP contribution in [0.5, 0.6) is 0 Å². The third-order valence-electron chi connectivity index (χ3n) is 7.31. The van der Waals surface area contributed by atoms with Gasteiger partial charge in [-0.15, -0.1) is 0 Å². The molecule has 1 heterocycles.